The van der Waals surface area contributed by atoms with Crippen LogP contribution in [0.25, 0.3) is 0 Å². The number of hydrogen-bond donors (Lipinski definition) is 1. The maximum absolute atomic E-state index is 10.8. The monoisotopic (exact) mass is 268 g/mol. The van der Waals surface area contributed by atoms with E-state index in [4.69, 9.17) is 0 Å². The number of rotatable bonds is 9. The zero-order valence-electron chi connectivity index (χ0n) is 10.7. The van der Waals surface area contributed by atoms with Gasteiger partial charge >= 0.3 is 0 Å². The smallest absolute Gasteiger partial charge is 0.292 e. The highest BCUT2D eigenvalue weighted by Gasteiger charge is 2.10. The van der Waals surface area contributed by atoms with Gasteiger partial charge in [-0.05, 0) is 18.2 Å². The summed E-state index contributed by atoms with van der Waals surface area (Å²) in [6.45, 7) is 2.20. The number of para-hydroxylation sites is 2. The predicted molar refractivity (Wildman–Crippen MR) is 78.2 cm³/mol. The van der Waals surface area contributed by atoms with Crippen LogP contribution in [0.5, 0.6) is 0 Å². The summed E-state index contributed by atoms with van der Waals surface area (Å²) in [6.07, 6.45) is 5.03. The first kappa shape index (κ1) is 14.8. The van der Waals surface area contributed by atoms with Crippen molar-refractivity contribution in [2.24, 2.45) is 0 Å². The van der Waals surface area contributed by atoms with Crippen molar-refractivity contribution in [3.05, 3.63) is 34.4 Å². The Morgan fingerprint density at radius 1 is 1.28 bits per heavy atom. The molecule has 0 unspecified atom stereocenters. The van der Waals surface area contributed by atoms with E-state index in [0.717, 1.165) is 11.6 Å². The van der Waals surface area contributed by atoms with Crippen LogP contribution in [0.4, 0.5) is 11.4 Å². The summed E-state index contributed by atoms with van der Waals surface area (Å²) in [7, 11) is 0. The van der Waals surface area contributed by atoms with Crippen LogP contribution in [0.15, 0.2) is 24.3 Å². The highest BCUT2D eigenvalue weighted by Crippen LogP contribution is 2.23. The number of nitro benzene ring substituents is 1. The largest absolute Gasteiger partial charge is 0.370 e. The van der Waals surface area contributed by atoms with E-state index in [1.165, 1.54) is 31.7 Å². The van der Waals surface area contributed by atoms with Crippen molar-refractivity contribution >= 4 is 23.1 Å². The molecule has 100 valence electrons. The van der Waals surface area contributed by atoms with Gasteiger partial charge in [-0.3, -0.25) is 10.1 Å². The number of thioether (sulfide) groups is 1. The zero-order chi connectivity index (χ0) is 13.2. The summed E-state index contributed by atoms with van der Waals surface area (Å²) in [6, 6.07) is 6.76. The van der Waals surface area contributed by atoms with Crippen molar-refractivity contribution in [3.8, 4) is 0 Å². The minimum absolute atomic E-state index is 0.143. The standard InChI is InChI=1S/C13H20N2O2S/c1-2-3-4-7-10-18-11-14-12-8-5-6-9-13(12)15(16)17/h5-6,8-9,14H,2-4,7,10-11H2,1H3. The molecule has 0 atom stereocenters. The van der Waals surface area contributed by atoms with Gasteiger partial charge in [-0.2, -0.15) is 0 Å². The van der Waals surface area contributed by atoms with Crippen LogP contribution in [0.1, 0.15) is 32.6 Å². The van der Waals surface area contributed by atoms with Crippen LogP contribution in [-0.2, 0) is 0 Å². The topological polar surface area (TPSA) is 55.2 Å². The third-order valence-corrected chi connectivity index (χ3v) is 3.53. The van der Waals surface area contributed by atoms with Crippen molar-refractivity contribution in [3.63, 3.8) is 0 Å². The first-order chi connectivity index (χ1) is 8.75. The lowest BCUT2D eigenvalue weighted by molar-refractivity contribution is -0.383. The highest BCUT2D eigenvalue weighted by molar-refractivity contribution is 7.99. The Morgan fingerprint density at radius 3 is 2.78 bits per heavy atom. The number of nitrogens with one attached hydrogen (secondary N) is 1. The van der Waals surface area contributed by atoms with E-state index in [-0.39, 0.29) is 10.6 Å². The van der Waals surface area contributed by atoms with Gasteiger partial charge in [-0.1, -0.05) is 38.3 Å². The quantitative estimate of drug-likeness (QED) is 0.314. The van der Waals surface area contributed by atoms with Gasteiger partial charge < -0.3 is 5.32 Å². The SMILES string of the molecule is CCCCCCSCNc1ccccc1[N+](=O)[O-]. The van der Waals surface area contributed by atoms with Gasteiger partial charge in [-0.15, -0.1) is 11.8 Å². The summed E-state index contributed by atoms with van der Waals surface area (Å²) in [4.78, 5) is 10.4. The number of nitrogens with zero attached hydrogens (tertiary/aromatic N) is 1. The lowest BCUT2D eigenvalue weighted by atomic mass is 10.2. The minimum Gasteiger partial charge on any atom is -0.370 e. The van der Waals surface area contributed by atoms with Crippen LogP contribution in [0, 0.1) is 10.1 Å². The van der Waals surface area contributed by atoms with E-state index < -0.39 is 0 Å². The average molecular weight is 268 g/mol. The third kappa shape index (κ3) is 5.40. The van der Waals surface area contributed by atoms with E-state index in [1.807, 2.05) is 0 Å². The first-order valence-corrected chi connectivity index (χ1v) is 7.46. The van der Waals surface area contributed by atoms with E-state index in [9.17, 15) is 10.1 Å². The van der Waals surface area contributed by atoms with E-state index >= 15 is 0 Å². The number of hydrogen-bond acceptors (Lipinski definition) is 4. The molecule has 0 saturated heterocycles. The number of benzene rings is 1. The van der Waals surface area contributed by atoms with Gasteiger partial charge in [0.15, 0.2) is 0 Å². The molecule has 0 aromatic heterocycles. The maximum Gasteiger partial charge on any atom is 0.292 e. The van der Waals surface area contributed by atoms with Crippen molar-refractivity contribution in [2.75, 3.05) is 16.9 Å². The normalized spacial score (nSPS) is 10.3. The number of anilines is 1. The second-order valence-corrected chi connectivity index (χ2v) is 5.17. The Morgan fingerprint density at radius 2 is 2.06 bits per heavy atom. The van der Waals surface area contributed by atoms with Crippen LogP contribution in [0.2, 0.25) is 0 Å². The molecule has 0 bridgehead atoms. The van der Waals surface area contributed by atoms with Gasteiger partial charge in [-0.25, -0.2) is 0 Å². The summed E-state index contributed by atoms with van der Waals surface area (Å²) in [5, 5.41) is 13.9. The molecule has 0 spiro atoms. The van der Waals surface area contributed by atoms with Crippen LogP contribution >= 0.6 is 11.8 Å². The van der Waals surface area contributed by atoms with Crippen LogP contribution < -0.4 is 5.32 Å². The molecule has 0 aliphatic rings. The van der Waals surface area contributed by atoms with E-state index in [2.05, 4.69) is 12.2 Å². The molecule has 0 aliphatic heterocycles. The fraction of sp³-hybridized carbons (Fsp3) is 0.538. The van der Waals surface area contributed by atoms with E-state index in [0.29, 0.717) is 5.69 Å². The van der Waals surface area contributed by atoms with Crippen LogP contribution in [0.3, 0.4) is 0 Å². The molecule has 1 aromatic carbocycles. The Hall–Kier alpha value is -1.23. The molecular weight excluding hydrogens is 248 g/mol. The van der Waals surface area contributed by atoms with Crippen molar-refractivity contribution in [1.82, 2.24) is 0 Å². The van der Waals surface area contributed by atoms with Gasteiger partial charge in [0.2, 0.25) is 0 Å². The predicted octanol–water partition coefficient (Wildman–Crippen LogP) is 4.28. The highest BCUT2D eigenvalue weighted by atomic mass is 32.2. The Balaban J connectivity index is 2.25. The molecule has 0 saturated carbocycles. The molecule has 5 heteroatoms. The summed E-state index contributed by atoms with van der Waals surface area (Å²) < 4.78 is 0. The van der Waals surface area contributed by atoms with Gasteiger partial charge in [0.1, 0.15) is 5.69 Å². The van der Waals surface area contributed by atoms with Gasteiger partial charge in [0.05, 0.1) is 10.8 Å². The summed E-state index contributed by atoms with van der Waals surface area (Å²) in [5.41, 5.74) is 0.743. The zero-order valence-corrected chi connectivity index (χ0v) is 11.5. The molecule has 18 heavy (non-hydrogen) atoms. The number of nitro groups is 1. The fourth-order valence-electron chi connectivity index (χ4n) is 1.61. The Kier molecular flexibility index (Phi) is 7.25. The van der Waals surface area contributed by atoms with Gasteiger partial charge in [0.25, 0.3) is 5.69 Å². The molecule has 1 N–H and O–H groups in total. The number of unbranched alkanes of at least 4 members (excludes halogenated alkanes) is 3. The minimum atomic E-state index is -0.353. The van der Waals surface area contributed by atoms with Gasteiger partial charge in [0, 0.05) is 6.07 Å². The Bertz CT molecular complexity index is 372. The van der Waals surface area contributed by atoms with Crippen molar-refractivity contribution in [1.29, 1.82) is 0 Å². The van der Waals surface area contributed by atoms with Crippen LogP contribution in [-0.4, -0.2) is 16.6 Å². The first-order valence-electron chi connectivity index (χ1n) is 6.30. The second kappa shape index (κ2) is 8.80. The fourth-order valence-corrected chi connectivity index (χ4v) is 2.42. The molecule has 0 heterocycles. The summed E-state index contributed by atoms with van der Waals surface area (Å²) in [5.74, 6) is 1.82. The molecule has 1 aromatic rings. The van der Waals surface area contributed by atoms with Crippen molar-refractivity contribution < 1.29 is 4.92 Å². The molecular formula is C13H20N2O2S. The molecule has 1 rings (SSSR count). The summed E-state index contributed by atoms with van der Waals surface area (Å²) >= 11 is 1.79. The molecule has 4 nitrogen and oxygen atoms in total. The Labute approximate surface area is 112 Å². The third-order valence-electron chi connectivity index (χ3n) is 2.61. The molecule has 0 radical (unpaired) electrons. The molecule has 0 aliphatic carbocycles. The molecule has 0 fully saturated rings. The average Bonchev–Trinajstić information content (AvgIpc) is 2.38. The van der Waals surface area contributed by atoms with Crippen molar-refractivity contribution in [2.45, 2.75) is 32.6 Å². The van der Waals surface area contributed by atoms with E-state index in [1.54, 1.807) is 30.0 Å². The lowest BCUT2D eigenvalue weighted by Crippen LogP contribution is -2.01. The second-order valence-electron chi connectivity index (χ2n) is 4.06. The lowest BCUT2D eigenvalue weighted by Gasteiger charge is -2.06. The molecule has 0 amide bonds. The maximum atomic E-state index is 10.8.